The smallest absolute Gasteiger partial charge is 0.195 e. The van der Waals surface area contributed by atoms with Crippen molar-refractivity contribution in [1.82, 2.24) is 24.3 Å². The second-order valence-electron chi connectivity index (χ2n) is 4.86. The molecule has 0 amide bonds. The molecule has 0 fully saturated rings. The molecule has 0 aromatic carbocycles. The number of aliphatic imine (C=N–C) groups is 1. The van der Waals surface area contributed by atoms with Crippen molar-refractivity contribution in [2.45, 2.75) is 6.54 Å². The molecule has 2 rings (SSSR count). The van der Waals surface area contributed by atoms with Crippen LogP contribution in [-0.4, -0.2) is 58.5 Å². The van der Waals surface area contributed by atoms with Gasteiger partial charge in [0.25, 0.3) is 0 Å². The molecule has 6 heteroatoms. The molecule has 0 bridgehead atoms. The number of hydrogen-bond donors (Lipinski definition) is 0. The molecule has 0 saturated carbocycles. The second kappa shape index (κ2) is 6.18. The molecule has 0 aliphatic carbocycles. The highest BCUT2D eigenvalue weighted by atomic mass is 15.3. The van der Waals surface area contributed by atoms with Crippen LogP contribution in [0.25, 0.3) is 5.82 Å². The Morgan fingerprint density at radius 2 is 1.95 bits per heavy atom. The molecule has 6 nitrogen and oxygen atoms in total. The number of hydrogen-bond acceptors (Lipinski definition) is 3. The van der Waals surface area contributed by atoms with Crippen LogP contribution >= 0.6 is 0 Å². The first-order valence-electron chi connectivity index (χ1n) is 6.41. The van der Waals surface area contributed by atoms with Gasteiger partial charge in [0.15, 0.2) is 5.96 Å². The summed E-state index contributed by atoms with van der Waals surface area (Å²) in [6, 6.07) is 3.96. The highest BCUT2D eigenvalue weighted by Gasteiger charge is 2.07. The van der Waals surface area contributed by atoms with Crippen LogP contribution in [-0.2, 0) is 6.54 Å². The molecule has 0 N–H and O–H groups in total. The fraction of sp³-hybridized carbons (Fsp3) is 0.357. The topological polar surface area (TPSA) is 49.6 Å². The second-order valence-corrected chi connectivity index (χ2v) is 4.86. The molecule has 2 aromatic rings. The van der Waals surface area contributed by atoms with Gasteiger partial charge >= 0.3 is 0 Å². The zero-order chi connectivity index (χ0) is 14.5. The maximum Gasteiger partial charge on any atom is 0.195 e. The molecule has 0 aliphatic heterocycles. The van der Waals surface area contributed by atoms with Gasteiger partial charge in [-0.3, -0.25) is 4.57 Å². The summed E-state index contributed by atoms with van der Waals surface area (Å²) in [7, 11) is 7.94. The highest BCUT2D eigenvalue weighted by molar-refractivity contribution is 5.79. The summed E-state index contributed by atoms with van der Waals surface area (Å²) in [5.41, 5.74) is 1.06. The molecular formula is C14H20N6. The number of imidazole rings is 1. The summed E-state index contributed by atoms with van der Waals surface area (Å²) in [4.78, 5) is 17.1. The van der Waals surface area contributed by atoms with Crippen LogP contribution in [0.3, 0.4) is 0 Å². The van der Waals surface area contributed by atoms with E-state index >= 15 is 0 Å². The minimum absolute atomic E-state index is 0.576. The number of rotatable bonds is 3. The normalized spacial score (nSPS) is 10.2. The van der Waals surface area contributed by atoms with Gasteiger partial charge in [0.2, 0.25) is 0 Å². The van der Waals surface area contributed by atoms with Gasteiger partial charge in [-0.15, -0.1) is 0 Å². The minimum atomic E-state index is 0.576. The number of pyridine rings is 1. The summed E-state index contributed by atoms with van der Waals surface area (Å²) in [5, 5.41) is 0. The molecule has 2 aromatic heterocycles. The molecule has 106 valence electrons. The molecule has 0 aliphatic rings. The third-order valence-corrected chi connectivity index (χ3v) is 2.81. The van der Waals surface area contributed by atoms with E-state index in [1.807, 2.05) is 60.9 Å². The van der Waals surface area contributed by atoms with Crippen LogP contribution in [0.1, 0.15) is 5.56 Å². The van der Waals surface area contributed by atoms with E-state index in [0.717, 1.165) is 17.3 Å². The van der Waals surface area contributed by atoms with Crippen LogP contribution < -0.4 is 0 Å². The molecule has 0 saturated heterocycles. The van der Waals surface area contributed by atoms with E-state index in [1.165, 1.54) is 0 Å². The van der Waals surface area contributed by atoms with Crippen LogP contribution in [0.2, 0.25) is 0 Å². The van der Waals surface area contributed by atoms with Crippen molar-refractivity contribution in [1.29, 1.82) is 0 Å². The van der Waals surface area contributed by atoms with E-state index in [1.54, 1.807) is 18.7 Å². The van der Waals surface area contributed by atoms with Gasteiger partial charge in [-0.2, -0.15) is 0 Å². The summed E-state index contributed by atoms with van der Waals surface area (Å²) in [6.07, 6.45) is 7.15. The first kappa shape index (κ1) is 14.0. The maximum atomic E-state index is 4.66. The number of guanidine groups is 1. The Kier molecular flexibility index (Phi) is 4.34. The Bertz CT molecular complexity index is 561. The molecule has 20 heavy (non-hydrogen) atoms. The van der Waals surface area contributed by atoms with Crippen molar-refractivity contribution in [3.05, 3.63) is 42.6 Å². The summed E-state index contributed by atoms with van der Waals surface area (Å²) in [5.74, 6) is 1.79. The molecule has 0 radical (unpaired) electrons. The fourth-order valence-electron chi connectivity index (χ4n) is 2.01. The van der Waals surface area contributed by atoms with Gasteiger partial charge in [-0.25, -0.2) is 15.0 Å². The lowest BCUT2D eigenvalue weighted by molar-refractivity contribution is 0.479. The van der Waals surface area contributed by atoms with Crippen molar-refractivity contribution >= 4 is 5.96 Å². The van der Waals surface area contributed by atoms with Gasteiger partial charge in [0.05, 0.1) is 6.54 Å². The monoisotopic (exact) mass is 272 g/mol. The van der Waals surface area contributed by atoms with E-state index in [-0.39, 0.29) is 0 Å². The average molecular weight is 272 g/mol. The summed E-state index contributed by atoms with van der Waals surface area (Å²) >= 11 is 0. The fourth-order valence-corrected chi connectivity index (χ4v) is 2.01. The predicted octanol–water partition coefficient (Wildman–Crippen LogP) is 1.25. The van der Waals surface area contributed by atoms with Crippen LogP contribution in [0.15, 0.2) is 42.0 Å². The highest BCUT2D eigenvalue weighted by Crippen LogP contribution is 2.12. The van der Waals surface area contributed by atoms with Gasteiger partial charge < -0.3 is 9.80 Å². The van der Waals surface area contributed by atoms with E-state index in [0.29, 0.717) is 6.54 Å². The molecular weight excluding hydrogens is 252 g/mol. The minimum Gasteiger partial charge on any atom is -0.349 e. The zero-order valence-corrected chi connectivity index (χ0v) is 12.4. The largest absolute Gasteiger partial charge is 0.349 e. The van der Waals surface area contributed by atoms with Crippen LogP contribution in [0, 0.1) is 0 Å². The zero-order valence-electron chi connectivity index (χ0n) is 12.4. The Labute approximate surface area is 119 Å². The molecule has 0 unspecified atom stereocenters. The first-order valence-corrected chi connectivity index (χ1v) is 6.41. The van der Waals surface area contributed by atoms with Gasteiger partial charge in [0.1, 0.15) is 12.1 Å². The number of aromatic nitrogens is 3. The van der Waals surface area contributed by atoms with E-state index in [9.17, 15) is 0 Å². The van der Waals surface area contributed by atoms with Crippen molar-refractivity contribution < 1.29 is 0 Å². The Morgan fingerprint density at radius 1 is 1.20 bits per heavy atom. The maximum absolute atomic E-state index is 4.66. The molecule has 0 atom stereocenters. The number of nitrogens with zero attached hydrogens (tertiary/aromatic N) is 6. The molecule has 0 spiro atoms. The van der Waals surface area contributed by atoms with Crippen LogP contribution in [0.5, 0.6) is 0 Å². The van der Waals surface area contributed by atoms with E-state index in [2.05, 4.69) is 15.0 Å². The Balaban J connectivity index is 2.28. The van der Waals surface area contributed by atoms with Crippen LogP contribution in [0.4, 0.5) is 0 Å². The van der Waals surface area contributed by atoms with Gasteiger partial charge in [0, 0.05) is 52.3 Å². The Morgan fingerprint density at radius 3 is 2.55 bits per heavy atom. The summed E-state index contributed by atoms with van der Waals surface area (Å²) < 4.78 is 1.90. The van der Waals surface area contributed by atoms with Crippen molar-refractivity contribution in [3.8, 4) is 5.82 Å². The van der Waals surface area contributed by atoms with Crippen molar-refractivity contribution in [2.75, 3.05) is 28.2 Å². The van der Waals surface area contributed by atoms with Crippen molar-refractivity contribution in [2.24, 2.45) is 4.99 Å². The van der Waals surface area contributed by atoms with Gasteiger partial charge in [-0.05, 0) is 6.07 Å². The lowest BCUT2D eigenvalue weighted by atomic mass is 10.2. The third-order valence-electron chi connectivity index (χ3n) is 2.81. The van der Waals surface area contributed by atoms with Gasteiger partial charge in [-0.1, -0.05) is 6.07 Å². The molecule has 2 heterocycles. The average Bonchev–Trinajstić information content (AvgIpc) is 2.92. The Hall–Kier alpha value is -2.37. The lowest BCUT2D eigenvalue weighted by Gasteiger charge is -2.22. The first-order chi connectivity index (χ1) is 9.59. The summed E-state index contributed by atoms with van der Waals surface area (Å²) in [6.45, 7) is 0.576. The predicted molar refractivity (Wildman–Crippen MR) is 79.9 cm³/mol. The standard InChI is InChI=1S/C14H20N6/c1-18(2)14(19(3)4)17-10-12-6-5-7-16-13(12)20-9-8-15-11-20/h5-9,11H,10H2,1-4H3. The quantitative estimate of drug-likeness (QED) is 0.623. The van der Waals surface area contributed by atoms with Crippen molar-refractivity contribution in [3.63, 3.8) is 0 Å². The van der Waals surface area contributed by atoms with E-state index < -0.39 is 0 Å². The van der Waals surface area contributed by atoms with E-state index in [4.69, 9.17) is 0 Å². The lowest BCUT2D eigenvalue weighted by Crippen LogP contribution is -2.35. The third kappa shape index (κ3) is 3.14. The SMILES string of the molecule is CN(C)C(=NCc1cccnc1-n1ccnc1)N(C)C.